The first-order chi connectivity index (χ1) is 20.2. The largest absolute Gasteiger partial charge is 0.480 e. The highest BCUT2D eigenvalue weighted by Gasteiger charge is 2.40. The van der Waals surface area contributed by atoms with Crippen molar-refractivity contribution in [2.75, 3.05) is 20.2 Å². The van der Waals surface area contributed by atoms with E-state index in [9.17, 15) is 31.9 Å². The monoisotopic (exact) mass is 623 g/mol. The van der Waals surface area contributed by atoms with Gasteiger partial charge in [-0.2, -0.15) is 13.2 Å². The zero-order valence-corrected chi connectivity index (χ0v) is 24.0. The minimum atomic E-state index is -4.68. The van der Waals surface area contributed by atoms with Gasteiger partial charge in [-0.05, 0) is 43.5 Å². The first kappa shape index (κ1) is 30.6. The summed E-state index contributed by atoms with van der Waals surface area (Å²) in [6.45, 7) is 1.05. The van der Waals surface area contributed by atoms with Crippen LogP contribution < -0.4 is 4.74 Å². The summed E-state index contributed by atoms with van der Waals surface area (Å²) in [5.41, 5.74) is -2.51. The Labute approximate surface area is 248 Å². The smallest absolute Gasteiger partial charge is 0.433 e. The molecule has 4 heterocycles. The molecule has 43 heavy (non-hydrogen) atoms. The van der Waals surface area contributed by atoms with Crippen molar-refractivity contribution in [3.63, 3.8) is 0 Å². The first-order valence-electron chi connectivity index (χ1n) is 13.2. The number of aliphatic hydroxyl groups is 1. The molecule has 228 valence electrons. The molecule has 1 fully saturated rings. The van der Waals surface area contributed by atoms with Crippen molar-refractivity contribution in [1.29, 1.82) is 0 Å². The van der Waals surface area contributed by atoms with Crippen LogP contribution in [-0.2, 0) is 18.8 Å². The fourth-order valence-electron chi connectivity index (χ4n) is 5.45. The van der Waals surface area contributed by atoms with Crippen LogP contribution in [-0.4, -0.2) is 61.6 Å². The average molecular weight is 624 g/mol. The van der Waals surface area contributed by atoms with Crippen molar-refractivity contribution in [3.05, 3.63) is 82.2 Å². The molecule has 1 amide bonds. The van der Waals surface area contributed by atoms with E-state index in [0.29, 0.717) is 5.52 Å². The zero-order chi connectivity index (χ0) is 31.3. The van der Waals surface area contributed by atoms with E-state index in [4.69, 9.17) is 16.3 Å². The lowest BCUT2D eigenvalue weighted by molar-refractivity contribution is -0.141. The van der Waals surface area contributed by atoms with Crippen LogP contribution in [0.15, 0.2) is 49.1 Å². The summed E-state index contributed by atoms with van der Waals surface area (Å²) < 4.78 is 74.3. The third kappa shape index (κ3) is 5.51. The highest BCUT2D eigenvalue weighted by molar-refractivity contribution is 6.38. The van der Waals surface area contributed by atoms with Crippen molar-refractivity contribution in [2.45, 2.75) is 37.5 Å². The van der Waals surface area contributed by atoms with E-state index < -0.39 is 35.2 Å². The lowest BCUT2D eigenvalue weighted by Gasteiger charge is -2.35. The maximum absolute atomic E-state index is 13.8. The first-order valence-corrected chi connectivity index (χ1v) is 13.6. The third-order valence-electron chi connectivity index (χ3n) is 7.87. The normalized spacial score (nSPS) is 16.4. The number of pyridine rings is 2. The summed E-state index contributed by atoms with van der Waals surface area (Å²) in [7, 11) is 2.93. The molecule has 1 unspecified atom stereocenters. The van der Waals surface area contributed by atoms with Crippen LogP contribution >= 0.6 is 11.6 Å². The van der Waals surface area contributed by atoms with Crippen molar-refractivity contribution in [3.8, 4) is 5.88 Å². The number of piperidine rings is 1. The number of amides is 1. The number of alkyl halides is 5. The second-order valence-corrected chi connectivity index (χ2v) is 11.0. The van der Waals surface area contributed by atoms with Crippen LogP contribution in [0.25, 0.3) is 10.9 Å². The highest BCUT2D eigenvalue weighted by Crippen LogP contribution is 2.41. The van der Waals surface area contributed by atoms with E-state index in [1.165, 1.54) is 47.3 Å². The van der Waals surface area contributed by atoms with Gasteiger partial charge in [-0.1, -0.05) is 23.7 Å². The lowest BCUT2D eigenvalue weighted by atomic mass is 9.83. The number of hydrogen-bond acceptors (Lipinski definition) is 6. The molecule has 0 spiro atoms. The van der Waals surface area contributed by atoms with E-state index in [1.54, 1.807) is 7.05 Å². The zero-order valence-electron chi connectivity index (χ0n) is 23.3. The van der Waals surface area contributed by atoms with Crippen LogP contribution in [0.1, 0.15) is 52.6 Å². The SMILES string of the molecule is COc1nc2ccc(C(O)(c3ccc(C(F)(F)F)nc3)c3cncn3C)cc2c(Cl)c1C(=O)N1CCC(C(C)(F)F)CC1. The molecular weight excluding hydrogens is 597 g/mol. The average Bonchev–Trinajstić information content (AvgIpc) is 3.41. The fraction of sp³-hybridized carbons (Fsp3) is 0.379. The van der Waals surface area contributed by atoms with Gasteiger partial charge in [-0.25, -0.2) is 18.7 Å². The molecule has 1 aliphatic rings. The van der Waals surface area contributed by atoms with Crippen molar-refractivity contribution in [2.24, 2.45) is 13.0 Å². The van der Waals surface area contributed by atoms with Gasteiger partial charge in [0.1, 0.15) is 11.3 Å². The molecular formula is C29H27ClF5N5O3. The molecule has 0 saturated carbocycles. The number of aryl methyl sites for hydroxylation is 1. The summed E-state index contributed by atoms with van der Waals surface area (Å²) in [6.07, 6.45) is -0.731. The number of halogens is 6. The number of imidazole rings is 1. The van der Waals surface area contributed by atoms with Crippen molar-refractivity contribution >= 4 is 28.4 Å². The Morgan fingerprint density at radius 1 is 1.07 bits per heavy atom. The maximum atomic E-state index is 13.8. The molecule has 1 N–H and O–H groups in total. The van der Waals surface area contributed by atoms with E-state index in [2.05, 4.69) is 15.0 Å². The van der Waals surface area contributed by atoms with Gasteiger partial charge >= 0.3 is 6.18 Å². The van der Waals surface area contributed by atoms with E-state index in [-0.39, 0.29) is 64.6 Å². The molecule has 1 saturated heterocycles. The Hall–Kier alpha value is -3.84. The Morgan fingerprint density at radius 2 is 1.74 bits per heavy atom. The van der Waals surface area contributed by atoms with Gasteiger partial charge in [0.25, 0.3) is 5.91 Å². The van der Waals surface area contributed by atoms with Crippen LogP contribution in [0.5, 0.6) is 5.88 Å². The van der Waals surface area contributed by atoms with Crippen LogP contribution in [0.3, 0.4) is 0 Å². The Bertz CT molecular complexity index is 1660. The van der Waals surface area contributed by atoms with Gasteiger partial charge in [0, 0.05) is 43.2 Å². The van der Waals surface area contributed by atoms with Gasteiger partial charge < -0.3 is 19.3 Å². The number of carbonyl (C=O) groups is 1. The van der Waals surface area contributed by atoms with Crippen molar-refractivity contribution < 1.29 is 36.6 Å². The number of carbonyl (C=O) groups excluding carboxylic acids is 1. The standard InChI is InChI=1S/C29H27ClF5N5O3/c1-27(31,32)16-8-10-40(11-9-16)26(41)23-24(30)19-12-17(4-6-20(19)38-25(23)43-3)28(42,22-14-36-15-39(22)2)18-5-7-21(37-13-18)29(33,34)35/h4-7,12-16,42H,8-11H2,1-3H3. The Kier molecular flexibility index (Phi) is 7.84. The van der Waals surface area contributed by atoms with E-state index in [1.807, 2.05) is 0 Å². The summed E-state index contributed by atoms with van der Waals surface area (Å²) in [6, 6.07) is 6.42. The number of fused-ring (bicyclic) bond motifs is 1. The lowest BCUT2D eigenvalue weighted by Crippen LogP contribution is -2.42. The van der Waals surface area contributed by atoms with Crippen LogP contribution in [0.4, 0.5) is 22.0 Å². The van der Waals surface area contributed by atoms with Gasteiger partial charge in [-0.3, -0.25) is 9.78 Å². The van der Waals surface area contributed by atoms with Gasteiger partial charge in [0.15, 0.2) is 5.60 Å². The number of nitrogens with zero attached hydrogens (tertiary/aromatic N) is 5. The number of ether oxygens (including phenoxy) is 1. The topological polar surface area (TPSA) is 93.4 Å². The summed E-state index contributed by atoms with van der Waals surface area (Å²) in [5.74, 6) is -4.32. The molecule has 8 nitrogen and oxygen atoms in total. The van der Waals surface area contributed by atoms with Crippen LogP contribution in [0, 0.1) is 5.92 Å². The highest BCUT2D eigenvalue weighted by atomic mass is 35.5. The van der Waals surface area contributed by atoms with E-state index >= 15 is 0 Å². The Morgan fingerprint density at radius 3 is 2.28 bits per heavy atom. The van der Waals surface area contributed by atoms with Gasteiger partial charge in [-0.15, -0.1) is 0 Å². The minimum absolute atomic E-state index is 0.0212. The van der Waals surface area contributed by atoms with Gasteiger partial charge in [0.2, 0.25) is 11.8 Å². The second-order valence-electron chi connectivity index (χ2n) is 10.6. The number of benzene rings is 1. The summed E-state index contributed by atoms with van der Waals surface area (Å²) >= 11 is 6.81. The molecule has 14 heteroatoms. The molecule has 3 aromatic heterocycles. The predicted octanol–water partition coefficient (Wildman–Crippen LogP) is 5.84. The molecule has 1 atom stereocenters. The molecule has 0 aliphatic carbocycles. The molecule has 0 bridgehead atoms. The van der Waals surface area contributed by atoms with Crippen LogP contribution in [0.2, 0.25) is 5.02 Å². The number of aromatic nitrogens is 4. The Balaban J connectivity index is 1.62. The molecule has 1 aliphatic heterocycles. The fourth-order valence-corrected chi connectivity index (χ4v) is 5.77. The number of methoxy groups -OCH3 is 1. The minimum Gasteiger partial charge on any atom is -0.480 e. The molecule has 0 radical (unpaired) electrons. The number of rotatable bonds is 6. The number of hydrogen-bond donors (Lipinski definition) is 1. The summed E-state index contributed by atoms with van der Waals surface area (Å²) in [5, 5.41) is 12.4. The third-order valence-corrected chi connectivity index (χ3v) is 8.26. The molecule has 5 rings (SSSR count). The second kappa shape index (κ2) is 11.0. The molecule has 4 aromatic rings. The maximum Gasteiger partial charge on any atom is 0.433 e. The predicted molar refractivity (Wildman–Crippen MR) is 147 cm³/mol. The van der Waals surface area contributed by atoms with E-state index in [0.717, 1.165) is 25.3 Å². The summed E-state index contributed by atoms with van der Waals surface area (Å²) in [4.78, 5) is 27.1. The quantitative estimate of drug-likeness (QED) is 0.272. The van der Waals surface area contributed by atoms with Crippen molar-refractivity contribution in [1.82, 2.24) is 24.4 Å². The molecule has 1 aromatic carbocycles. The number of likely N-dealkylation sites (tertiary alicyclic amines) is 1. The van der Waals surface area contributed by atoms with Gasteiger partial charge in [0.05, 0.1) is 35.9 Å².